The molecule has 0 bridgehead atoms. The molecule has 0 unspecified atom stereocenters. The first kappa shape index (κ1) is 15.8. The van der Waals surface area contributed by atoms with E-state index in [4.69, 9.17) is 5.73 Å². The Hall–Kier alpha value is -2.11. The van der Waals surface area contributed by atoms with Crippen LogP contribution in [0.2, 0.25) is 0 Å². The smallest absolute Gasteiger partial charge is 0.183 e. The second kappa shape index (κ2) is 6.18. The third-order valence-electron chi connectivity index (χ3n) is 3.62. The van der Waals surface area contributed by atoms with E-state index in [1.807, 2.05) is 43.3 Å². The molecule has 1 heterocycles. The number of rotatable bonds is 4. The van der Waals surface area contributed by atoms with Crippen molar-refractivity contribution in [1.29, 1.82) is 0 Å². The van der Waals surface area contributed by atoms with Crippen molar-refractivity contribution in [3.05, 3.63) is 71.1 Å². The molecule has 0 radical (unpaired) electrons. The van der Waals surface area contributed by atoms with Crippen molar-refractivity contribution in [2.24, 2.45) is 0 Å². The fraction of sp³-hybridized carbons (Fsp3) is 0.111. The van der Waals surface area contributed by atoms with Gasteiger partial charge in [-0.15, -0.1) is 11.3 Å². The summed E-state index contributed by atoms with van der Waals surface area (Å²) in [6.07, 6.45) is 0. The molecule has 0 saturated carbocycles. The number of hydrogen-bond donors (Lipinski definition) is 1. The van der Waals surface area contributed by atoms with Gasteiger partial charge in [0.2, 0.25) is 0 Å². The van der Waals surface area contributed by atoms with Gasteiger partial charge < -0.3 is 5.73 Å². The van der Waals surface area contributed by atoms with Gasteiger partial charge in [0.05, 0.1) is 10.6 Å². The highest BCUT2D eigenvalue weighted by atomic mass is 32.2. The Labute approximate surface area is 140 Å². The fourth-order valence-electron chi connectivity index (χ4n) is 2.38. The molecule has 0 aliphatic carbocycles. The number of nitrogens with two attached hydrogens (primary N) is 1. The van der Waals surface area contributed by atoms with Crippen LogP contribution in [0.1, 0.15) is 10.4 Å². The molecule has 5 heteroatoms. The lowest BCUT2D eigenvalue weighted by Gasteiger charge is -2.03. The number of benzene rings is 2. The number of hydrogen-bond acceptors (Lipinski definition) is 4. The van der Waals surface area contributed by atoms with Gasteiger partial charge in [0.25, 0.3) is 0 Å². The molecular formula is C18H17NO2S2. The zero-order valence-electron chi connectivity index (χ0n) is 12.7. The van der Waals surface area contributed by atoms with Crippen LogP contribution in [0.3, 0.4) is 0 Å². The molecule has 0 fully saturated rings. The summed E-state index contributed by atoms with van der Waals surface area (Å²) in [6.45, 7) is 1.95. The molecule has 3 nitrogen and oxygen atoms in total. The first-order valence-corrected chi connectivity index (χ1v) is 9.65. The van der Waals surface area contributed by atoms with E-state index >= 15 is 0 Å². The van der Waals surface area contributed by atoms with E-state index in [1.54, 1.807) is 24.3 Å². The van der Waals surface area contributed by atoms with Gasteiger partial charge in [0.1, 0.15) is 0 Å². The van der Waals surface area contributed by atoms with Crippen LogP contribution in [0.15, 0.2) is 65.6 Å². The summed E-state index contributed by atoms with van der Waals surface area (Å²) >= 11 is 1.51. The Morgan fingerprint density at radius 1 is 1.00 bits per heavy atom. The van der Waals surface area contributed by atoms with Crippen molar-refractivity contribution in [3.8, 4) is 10.4 Å². The predicted octanol–water partition coefficient (Wildman–Crippen LogP) is 4.28. The summed E-state index contributed by atoms with van der Waals surface area (Å²) in [7, 11) is -3.33. The molecule has 1 aromatic heterocycles. The van der Waals surface area contributed by atoms with Crippen LogP contribution >= 0.6 is 11.3 Å². The van der Waals surface area contributed by atoms with E-state index in [0.29, 0.717) is 10.6 Å². The van der Waals surface area contributed by atoms with Gasteiger partial charge in [-0.25, -0.2) is 8.42 Å². The number of nitrogen functional groups attached to an aromatic ring is 1. The summed E-state index contributed by atoms with van der Waals surface area (Å²) in [4.78, 5) is 2.26. The first-order chi connectivity index (χ1) is 11.0. The van der Waals surface area contributed by atoms with Crippen molar-refractivity contribution in [1.82, 2.24) is 0 Å². The molecule has 0 aliphatic heterocycles. The lowest BCUT2D eigenvalue weighted by atomic mass is 10.1. The maximum atomic E-state index is 12.5. The zero-order valence-corrected chi connectivity index (χ0v) is 14.3. The van der Waals surface area contributed by atoms with E-state index in [1.165, 1.54) is 11.3 Å². The number of sulfone groups is 1. The van der Waals surface area contributed by atoms with Crippen molar-refractivity contribution in [3.63, 3.8) is 0 Å². The van der Waals surface area contributed by atoms with Gasteiger partial charge in [-0.05, 0) is 48.4 Å². The quantitative estimate of drug-likeness (QED) is 0.719. The van der Waals surface area contributed by atoms with Crippen LogP contribution in [0.25, 0.3) is 10.4 Å². The maximum Gasteiger partial charge on any atom is 0.183 e. The largest absolute Gasteiger partial charge is 0.399 e. The van der Waals surface area contributed by atoms with Crippen LogP contribution in [-0.2, 0) is 15.6 Å². The van der Waals surface area contributed by atoms with Crippen LogP contribution in [0, 0.1) is 6.92 Å². The third kappa shape index (κ3) is 3.46. The molecule has 0 amide bonds. The highest BCUT2D eigenvalue weighted by molar-refractivity contribution is 7.90. The molecule has 3 aromatic rings. The van der Waals surface area contributed by atoms with Crippen LogP contribution in [0.5, 0.6) is 0 Å². The molecular weight excluding hydrogens is 326 g/mol. The Balaban J connectivity index is 1.93. The van der Waals surface area contributed by atoms with Crippen molar-refractivity contribution in [2.45, 2.75) is 17.6 Å². The summed E-state index contributed by atoms with van der Waals surface area (Å²) < 4.78 is 25.1. The monoisotopic (exact) mass is 343 g/mol. The summed E-state index contributed by atoms with van der Waals surface area (Å²) in [5.74, 6) is 0.0236. The van der Waals surface area contributed by atoms with E-state index in [-0.39, 0.29) is 5.75 Å². The summed E-state index contributed by atoms with van der Waals surface area (Å²) in [6, 6.07) is 18.2. The lowest BCUT2D eigenvalue weighted by molar-refractivity contribution is 0.595. The van der Waals surface area contributed by atoms with E-state index < -0.39 is 9.84 Å². The molecule has 2 aromatic carbocycles. The minimum atomic E-state index is -3.33. The maximum absolute atomic E-state index is 12.5. The standard InChI is InChI=1S/C18H17NO2S2/c1-13-10-17(14-6-5-7-15(19)11-14)22-18(13)12-23(20,21)16-8-3-2-4-9-16/h2-11H,12,19H2,1H3. The fourth-order valence-corrected chi connectivity index (χ4v) is 5.36. The second-order valence-electron chi connectivity index (χ2n) is 5.41. The van der Waals surface area contributed by atoms with Gasteiger partial charge in [0.15, 0.2) is 9.84 Å². The van der Waals surface area contributed by atoms with Crippen LogP contribution < -0.4 is 5.73 Å². The van der Waals surface area contributed by atoms with Gasteiger partial charge in [-0.2, -0.15) is 0 Å². The van der Waals surface area contributed by atoms with Crippen LogP contribution in [0.4, 0.5) is 5.69 Å². The van der Waals surface area contributed by atoms with Crippen molar-refractivity contribution >= 4 is 26.9 Å². The van der Waals surface area contributed by atoms with Gasteiger partial charge >= 0.3 is 0 Å². The molecule has 23 heavy (non-hydrogen) atoms. The Morgan fingerprint density at radius 3 is 2.43 bits per heavy atom. The Morgan fingerprint density at radius 2 is 1.74 bits per heavy atom. The molecule has 0 aliphatic rings. The second-order valence-corrected chi connectivity index (χ2v) is 8.54. The first-order valence-electron chi connectivity index (χ1n) is 7.19. The van der Waals surface area contributed by atoms with E-state index in [2.05, 4.69) is 0 Å². The van der Waals surface area contributed by atoms with Gasteiger partial charge in [0, 0.05) is 15.4 Å². The third-order valence-corrected chi connectivity index (χ3v) is 6.74. The van der Waals surface area contributed by atoms with Gasteiger partial charge in [-0.3, -0.25) is 0 Å². The Bertz CT molecular complexity index is 929. The van der Waals surface area contributed by atoms with Crippen molar-refractivity contribution < 1.29 is 8.42 Å². The van der Waals surface area contributed by atoms with Gasteiger partial charge in [-0.1, -0.05) is 30.3 Å². The molecule has 0 spiro atoms. The highest BCUT2D eigenvalue weighted by Gasteiger charge is 2.18. The topological polar surface area (TPSA) is 60.2 Å². The molecule has 2 N–H and O–H groups in total. The normalized spacial score (nSPS) is 11.5. The number of anilines is 1. The van der Waals surface area contributed by atoms with Crippen molar-refractivity contribution in [2.75, 3.05) is 5.73 Å². The summed E-state index contributed by atoms with van der Waals surface area (Å²) in [5.41, 5.74) is 8.54. The average molecular weight is 343 g/mol. The SMILES string of the molecule is Cc1cc(-c2cccc(N)c2)sc1CS(=O)(=O)c1ccccc1. The summed E-state index contributed by atoms with van der Waals surface area (Å²) in [5, 5.41) is 0. The van der Waals surface area contributed by atoms with Crippen LogP contribution in [-0.4, -0.2) is 8.42 Å². The molecule has 0 atom stereocenters. The number of thiophene rings is 1. The number of aryl methyl sites for hydroxylation is 1. The zero-order chi connectivity index (χ0) is 16.4. The highest BCUT2D eigenvalue weighted by Crippen LogP contribution is 2.34. The predicted molar refractivity (Wildman–Crippen MR) is 96.2 cm³/mol. The minimum Gasteiger partial charge on any atom is -0.399 e. The average Bonchev–Trinajstić information content (AvgIpc) is 2.89. The molecule has 118 valence electrons. The Kier molecular flexibility index (Phi) is 4.24. The molecule has 3 rings (SSSR count). The van der Waals surface area contributed by atoms with E-state index in [0.717, 1.165) is 20.9 Å². The lowest BCUT2D eigenvalue weighted by Crippen LogP contribution is -2.04. The molecule has 0 saturated heterocycles. The minimum absolute atomic E-state index is 0.0236. The van der Waals surface area contributed by atoms with E-state index in [9.17, 15) is 8.42 Å².